The normalized spacial score (nSPS) is 14.9. The van der Waals surface area contributed by atoms with Crippen molar-refractivity contribution in [3.8, 4) is 0 Å². The van der Waals surface area contributed by atoms with E-state index in [1.807, 2.05) is 11.6 Å². The quantitative estimate of drug-likeness (QED) is 0.752. The first-order chi connectivity index (χ1) is 7.76. The second-order valence-corrected chi connectivity index (χ2v) is 5.46. The van der Waals surface area contributed by atoms with Crippen LogP contribution in [0.25, 0.3) is 0 Å². The lowest BCUT2D eigenvalue weighted by molar-refractivity contribution is 0.387. The summed E-state index contributed by atoms with van der Waals surface area (Å²) in [5.41, 5.74) is 0. The van der Waals surface area contributed by atoms with Crippen molar-refractivity contribution >= 4 is 11.3 Å². The smallest absolute Gasteiger partial charge is 0.0937 e. The van der Waals surface area contributed by atoms with E-state index >= 15 is 0 Å². The van der Waals surface area contributed by atoms with Gasteiger partial charge in [0, 0.05) is 30.6 Å². The fourth-order valence-corrected chi connectivity index (χ4v) is 2.43. The van der Waals surface area contributed by atoms with E-state index in [0.29, 0.717) is 6.04 Å². The molecule has 0 spiro atoms. The van der Waals surface area contributed by atoms with E-state index in [9.17, 15) is 0 Å². The number of thiazole rings is 1. The molecule has 2 nitrogen and oxygen atoms in total. The molecular formula is C13H24N2S. The van der Waals surface area contributed by atoms with Gasteiger partial charge in [-0.2, -0.15) is 0 Å². The molecule has 0 aliphatic heterocycles. The Labute approximate surface area is 103 Å². The van der Waals surface area contributed by atoms with Gasteiger partial charge in [-0.25, -0.2) is 4.98 Å². The monoisotopic (exact) mass is 240 g/mol. The highest BCUT2D eigenvalue weighted by Gasteiger charge is 2.09. The van der Waals surface area contributed by atoms with Gasteiger partial charge in [-0.15, -0.1) is 11.3 Å². The van der Waals surface area contributed by atoms with Crippen molar-refractivity contribution in [2.45, 2.75) is 52.5 Å². The molecule has 0 amide bonds. The summed E-state index contributed by atoms with van der Waals surface area (Å²) in [5, 5.41) is 6.93. The van der Waals surface area contributed by atoms with Crippen molar-refractivity contribution in [3.05, 3.63) is 16.6 Å². The zero-order valence-corrected chi connectivity index (χ0v) is 11.5. The molecule has 16 heavy (non-hydrogen) atoms. The van der Waals surface area contributed by atoms with Crippen LogP contribution in [-0.4, -0.2) is 17.6 Å². The van der Waals surface area contributed by atoms with Crippen LogP contribution in [0.15, 0.2) is 11.6 Å². The zero-order valence-electron chi connectivity index (χ0n) is 10.7. The van der Waals surface area contributed by atoms with E-state index in [4.69, 9.17) is 0 Å². The number of aromatic nitrogens is 1. The highest BCUT2D eigenvalue weighted by molar-refractivity contribution is 7.09. The number of hydrogen-bond acceptors (Lipinski definition) is 3. The van der Waals surface area contributed by atoms with Gasteiger partial charge in [0.1, 0.15) is 0 Å². The van der Waals surface area contributed by atoms with E-state index < -0.39 is 0 Å². The molecule has 0 aliphatic carbocycles. The molecule has 2 atom stereocenters. The molecule has 0 aliphatic rings. The Hall–Kier alpha value is -0.410. The third-order valence-corrected chi connectivity index (χ3v) is 3.97. The molecular weight excluding hydrogens is 216 g/mol. The molecule has 1 aromatic rings. The first kappa shape index (κ1) is 13.7. The van der Waals surface area contributed by atoms with Crippen LogP contribution < -0.4 is 5.32 Å². The van der Waals surface area contributed by atoms with Gasteiger partial charge in [-0.1, -0.05) is 27.2 Å². The molecule has 1 rings (SSSR count). The highest BCUT2D eigenvalue weighted by atomic mass is 32.1. The summed E-state index contributed by atoms with van der Waals surface area (Å²) >= 11 is 1.75. The molecule has 0 saturated heterocycles. The SMILES string of the molecule is CCC(C)CC(CC)NCCc1nccs1. The predicted molar refractivity (Wildman–Crippen MR) is 72.0 cm³/mol. The van der Waals surface area contributed by atoms with Crippen LogP contribution in [0.2, 0.25) is 0 Å². The lowest BCUT2D eigenvalue weighted by Crippen LogP contribution is -2.31. The van der Waals surface area contributed by atoms with Gasteiger partial charge in [0.25, 0.3) is 0 Å². The second-order valence-electron chi connectivity index (χ2n) is 4.48. The van der Waals surface area contributed by atoms with E-state index in [1.165, 1.54) is 24.3 Å². The fourth-order valence-electron chi connectivity index (χ4n) is 1.81. The summed E-state index contributed by atoms with van der Waals surface area (Å²) in [7, 11) is 0. The largest absolute Gasteiger partial charge is 0.314 e. The first-order valence-corrected chi connectivity index (χ1v) is 7.25. The van der Waals surface area contributed by atoms with Crippen LogP contribution in [0.5, 0.6) is 0 Å². The molecule has 3 heteroatoms. The van der Waals surface area contributed by atoms with Crippen LogP contribution in [-0.2, 0) is 6.42 Å². The molecule has 0 bridgehead atoms. The maximum Gasteiger partial charge on any atom is 0.0937 e. The Morgan fingerprint density at radius 3 is 2.75 bits per heavy atom. The third-order valence-electron chi connectivity index (χ3n) is 3.13. The third kappa shape index (κ3) is 5.08. The van der Waals surface area contributed by atoms with Gasteiger partial charge in [0.05, 0.1) is 5.01 Å². The Morgan fingerprint density at radius 1 is 1.38 bits per heavy atom. The Balaban J connectivity index is 2.18. The second kappa shape index (κ2) is 7.80. The van der Waals surface area contributed by atoms with Gasteiger partial charge >= 0.3 is 0 Å². The zero-order chi connectivity index (χ0) is 11.8. The minimum atomic E-state index is 0.676. The summed E-state index contributed by atoms with van der Waals surface area (Å²) < 4.78 is 0. The van der Waals surface area contributed by atoms with Gasteiger partial charge in [0.15, 0.2) is 0 Å². The topological polar surface area (TPSA) is 24.9 Å². The average Bonchev–Trinajstić information content (AvgIpc) is 2.80. The maximum absolute atomic E-state index is 4.29. The molecule has 2 unspecified atom stereocenters. The van der Waals surface area contributed by atoms with E-state index in [2.05, 4.69) is 31.1 Å². The van der Waals surface area contributed by atoms with Crippen molar-refractivity contribution in [3.63, 3.8) is 0 Å². The standard InChI is InChI=1S/C13H24N2S/c1-4-11(3)10-12(5-2)14-7-6-13-15-8-9-16-13/h8-9,11-12,14H,4-7,10H2,1-3H3. The number of nitrogens with zero attached hydrogens (tertiary/aromatic N) is 1. The molecule has 1 aromatic heterocycles. The van der Waals surface area contributed by atoms with Crippen LogP contribution in [0.3, 0.4) is 0 Å². The molecule has 1 N–H and O–H groups in total. The first-order valence-electron chi connectivity index (χ1n) is 6.38. The minimum absolute atomic E-state index is 0.676. The number of hydrogen-bond donors (Lipinski definition) is 1. The highest BCUT2D eigenvalue weighted by Crippen LogP contribution is 2.12. The van der Waals surface area contributed by atoms with E-state index in [-0.39, 0.29) is 0 Å². The van der Waals surface area contributed by atoms with Crippen molar-refractivity contribution in [2.24, 2.45) is 5.92 Å². The molecule has 92 valence electrons. The van der Waals surface area contributed by atoms with Gasteiger partial charge in [-0.05, 0) is 18.8 Å². The number of rotatable bonds is 8. The van der Waals surface area contributed by atoms with Gasteiger partial charge in [-0.3, -0.25) is 0 Å². The van der Waals surface area contributed by atoms with Crippen LogP contribution in [0.4, 0.5) is 0 Å². The van der Waals surface area contributed by atoms with Crippen molar-refractivity contribution in [2.75, 3.05) is 6.54 Å². The van der Waals surface area contributed by atoms with Gasteiger partial charge in [0.2, 0.25) is 0 Å². The van der Waals surface area contributed by atoms with Crippen molar-refractivity contribution < 1.29 is 0 Å². The van der Waals surface area contributed by atoms with Crippen LogP contribution >= 0.6 is 11.3 Å². The van der Waals surface area contributed by atoms with Crippen LogP contribution in [0, 0.1) is 5.92 Å². The van der Waals surface area contributed by atoms with Crippen molar-refractivity contribution in [1.82, 2.24) is 10.3 Å². The Bertz CT molecular complexity index is 259. The maximum atomic E-state index is 4.29. The summed E-state index contributed by atoms with van der Waals surface area (Å²) in [6.45, 7) is 7.93. The molecule has 0 aromatic carbocycles. The van der Waals surface area contributed by atoms with Crippen molar-refractivity contribution in [1.29, 1.82) is 0 Å². The predicted octanol–water partition coefficient (Wildman–Crippen LogP) is 3.49. The van der Waals surface area contributed by atoms with Crippen LogP contribution in [0.1, 0.15) is 45.0 Å². The lowest BCUT2D eigenvalue weighted by Gasteiger charge is -2.20. The van der Waals surface area contributed by atoms with Gasteiger partial charge < -0.3 is 5.32 Å². The lowest BCUT2D eigenvalue weighted by atomic mass is 9.98. The van der Waals surface area contributed by atoms with E-state index in [0.717, 1.165) is 18.9 Å². The molecule has 0 fully saturated rings. The average molecular weight is 240 g/mol. The molecule has 0 radical (unpaired) electrons. The summed E-state index contributed by atoms with van der Waals surface area (Å²) in [5.74, 6) is 0.831. The molecule has 0 saturated carbocycles. The molecule has 1 heterocycles. The van der Waals surface area contributed by atoms with E-state index in [1.54, 1.807) is 11.3 Å². The summed E-state index contributed by atoms with van der Waals surface area (Å²) in [6, 6.07) is 0.676. The number of nitrogens with one attached hydrogen (secondary N) is 1. The summed E-state index contributed by atoms with van der Waals surface area (Å²) in [4.78, 5) is 4.29. The Kier molecular flexibility index (Phi) is 6.65. The minimum Gasteiger partial charge on any atom is -0.314 e. The fraction of sp³-hybridized carbons (Fsp3) is 0.769. The Morgan fingerprint density at radius 2 is 2.19 bits per heavy atom. The summed E-state index contributed by atoms with van der Waals surface area (Å²) in [6.07, 6.45) is 6.75.